The van der Waals surface area contributed by atoms with Crippen molar-refractivity contribution in [3.63, 3.8) is 0 Å². The second kappa shape index (κ2) is 6.50. The lowest BCUT2D eigenvalue weighted by molar-refractivity contribution is 0.117. The number of anilines is 1. The minimum atomic E-state index is 0.572. The van der Waals surface area contributed by atoms with Gasteiger partial charge in [0.15, 0.2) is 0 Å². The molecule has 92 valence electrons. The Kier molecular flexibility index (Phi) is 5.28. The number of nitrogens with two attached hydrogens (primary N) is 1. The number of nitrogens with zero attached hydrogens (tertiary/aromatic N) is 2. The van der Waals surface area contributed by atoms with Crippen LogP contribution in [0.4, 0.5) is 5.82 Å². The van der Waals surface area contributed by atoms with E-state index in [0.717, 1.165) is 30.1 Å². The van der Waals surface area contributed by atoms with E-state index in [1.807, 2.05) is 14.0 Å². The Morgan fingerprint density at radius 1 is 1.44 bits per heavy atom. The second-order valence-corrected chi connectivity index (χ2v) is 3.94. The smallest absolute Gasteiger partial charge is 0.143 e. The first-order chi connectivity index (χ1) is 7.70. The molecule has 0 aromatic carbocycles. The Bertz CT molecular complexity index is 322. The number of aryl methyl sites for hydroxylation is 2. The number of hydrogen-bond donors (Lipinski definition) is 2. The van der Waals surface area contributed by atoms with Crippen molar-refractivity contribution < 1.29 is 4.74 Å². The van der Waals surface area contributed by atoms with Gasteiger partial charge in [0.1, 0.15) is 5.82 Å². The lowest BCUT2D eigenvalue weighted by atomic mass is 10.2. The molecule has 0 saturated heterocycles. The van der Waals surface area contributed by atoms with Crippen LogP contribution >= 0.6 is 0 Å². The van der Waals surface area contributed by atoms with E-state index in [2.05, 4.69) is 17.4 Å². The first kappa shape index (κ1) is 13.0. The van der Waals surface area contributed by atoms with E-state index in [-0.39, 0.29) is 0 Å². The number of hydrogen-bond acceptors (Lipinski definition) is 4. The molecular formula is C11H22N4O. The van der Waals surface area contributed by atoms with Crippen LogP contribution < -0.4 is 11.3 Å². The fourth-order valence-electron chi connectivity index (χ4n) is 1.68. The third-order valence-electron chi connectivity index (χ3n) is 2.62. The highest BCUT2D eigenvalue weighted by Gasteiger charge is 2.11. The molecule has 0 aliphatic carbocycles. The molecule has 16 heavy (non-hydrogen) atoms. The van der Waals surface area contributed by atoms with Gasteiger partial charge in [0.25, 0.3) is 0 Å². The summed E-state index contributed by atoms with van der Waals surface area (Å²) in [5, 5.41) is 4.29. The molecule has 5 nitrogen and oxygen atoms in total. The summed E-state index contributed by atoms with van der Waals surface area (Å²) in [7, 11) is 1.86. The molecule has 0 amide bonds. The van der Waals surface area contributed by atoms with Crippen LogP contribution in [0.15, 0.2) is 0 Å². The van der Waals surface area contributed by atoms with Crippen LogP contribution in [0.3, 0.4) is 0 Å². The molecule has 3 N–H and O–H groups in total. The fourth-order valence-corrected chi connectivity index (χ4v) is 1.68. The van der Waals surface area contributed by atoms with E-state index in [1.165, 1.54) is 12.8 Å². The van der Waals surface area contributed by atoms with Gasteiger partial charge in [-0.1, -0.05) is 19.8 Å². The molecule has 1 aromatic heterocycles. The zero-order chi connectivity index (χ0) is 12.0. The molecule has 0 atom stereocenters. The highest BCUT2D eigenvalue weighted by molar-refractivity contribution is 5.45. The lowest BCUT2D eigenvalue weighted by Crippen LogP contribution is -2.13. The molecule has 0 radical (unpaired) electrons. The average Bonchev–Trinajstić information content (AvgIpc) is 2.53. The quantitative estimate of drug-likeness (QED) is 0.422. The van der Waals surface area contributed by atoms with Gasteiger partial charge in [-0.15, -0.1) is 0 Å². The topological polar surface area (TPSA) is 65.1 Å². The summed E-state index contributed by atoms with van der Waals surface area (Å²) in [5.41, 5.74) is 4.66. The Labute approximate surface area is 96.9 Å². The highest BCUT2D eigenvalue weighted by Crippen LogP contribution is 2.18. The molecule has 1 aromatic rings. The van der Waals surface area contributed by atoms with Gasteiger partial charge >= 0.3 is 0 Å². The Morgan fingerprint density at radius 3 is 2.81 bits per heavy atom. The number of rotatable bonds is 7. The monoisotopic (exact) mass is 226 g/mol. The van der Waals surface area contributed by atoms with Crippen LogP contribution in [0.2, 0.25) is 0 Å². The molecule has 0 fully saturated rings. The lowest BCUT2D eigenvalue weighted by Gasteiger charge is -2.06. The Hall–Kier alpha value is -1.07. The molecule has 0 bridgehead atoms. The maximum Gasteiger partial charge on any atom is 0.143 e. The molecule has 1 rings (SSSR count). The fraction of sp³-hybridized carbons (Fsp3) is 0.727. The predicted molar refractivity (Wildman–Crippen MR) is 64.9 cm³/mol. The molecule has 5 heteroatoms. The molecule has 0 aliphatic heterocycles. The number of nitrogens with one attached hydrogen (secondary N) is 1. The van der Waals surface area contributed by atoms with E-state index in [1.54, 1.807) is 4.68 Å². The maximum atomic E-state index is 5.61. The van der Waals surface area contributed by atoms with Gasteiger partial charge in [-0.2, -0.15) is 5.10 Å². The van der Waals surface area contributed by atoms with E-state index in [4.69, 9.17) is 10.6 Å². The summed E-state index contributed by atoms with van der Waals surface area (Å²) >= 11 is 0. The van der Waals surface area contributed by atoms with Crippen LogP contribution in [-0.4, -0.2) is 16.4 Å². The van der Waals surface area contributed by atoms with Crippen LogP contribution in [0, 0.1) is 6.92 Å². The largest absolute Gasteiger partial charge is 0.377 e. The van der Waals surface area contributed by atoms with Crippen molar-refractivity contribution in [1.82, 2.24) is 9.78 Å². The molecule has 0 aliphatic rings. The number of ether oxygens (including phenoxy) is 1. The van der Waals surface area contributed by atoms with Gasteiger partial charge in [0.05, 0.1) is 12.3 Å². The summed E-state index contributed by atoms with van der Waals surface area (Å²) in [6.07, 6.45) is 3.54. The second-order valence-electron chi connectivity index (χ2n) is 3.94. The average molecular weight is 226 g/mol. The standard InChI is InChI=1S/C11H22N4O/c1-4-5-6-7-16-8-10-9(2)14-15(3)11(10)13-12/h13H,4-8,12H2,1-3H3. The van der Waals surface area contributed by atoms with Gasteiger partial charge in [-0.05, 0) is 13.3 Å². The van der Waals surface area contributed by atoms with Crippen molar-refractivity contribution in [2.24, 2.45) is 12.9 Å². The van der Waals surface area contributed by atoms with Crippen molar-refractivity contribution >= 4 is 5.82 Å². The number of unbranched alkanes of at least 4 members (excludes halogenated alkanes) is 2. The minimum absolute atomic E-state index is 0.572. The van der Waals surface area contributed by atoms with E-state index in [0.29, 0.717) is 6.61 Å². The summed E-state index contributed by atoms with van der Waals surface area (Å²) in [6.45, 7) is 5.52. The molecule has 0 spiro atoms. The van der Waals surface area contributed by atoms with E-state index in [9.17, 15) is 0 Å². The van der Waals surface area contributed by atoms with Gasteiger partial charge in [0.2, 0.25) is 0 Å². The molecular weight excluding hydrogens is 204 g/mol. The van der Waals surface area contributed by atoms with Crippen LogP contribution in [0.1, 0.15) is 37.4 Å². The van der Waals surface area contributed by atoms with Crippen molar-refractivity contribution in [3.05, 3.63) is 11.3 Å². The van der Waals surface area contributed by atoms with Crippen molar-refractivity contribution in [2.45, 2.75) is 39.7 Å². The summed E-state index contributed by atoms with van der Waals surface area (Å²) in [6, 6.07) is 0. The van der Waals surface area contributed by atoms with Crippen LogP contribution in [-0.2, 0) is 18.4 Å². The zero-order valence-corrected chi connectivity index (χ0v) is 10.4. The van der Waals surface area contributed by atoms with Gasteiger partial charge in [-0.25, -0.2) is 5.84 Å². The van der Waals surface area contributed by atoms with Crippen LogP contribution in [0.5, 0.6) is 0 Å². The number of hydrazine groups is 1. The van der Waals surface area contributed by atoms with Crippen molar-refractivity contribution in [3.8, 4) is 0 Å². The third-order valence-corrected chi connectivity index (χ3v) is 2.62. The summed E-state index contributed by atoms with van der Waals surface area (Å²) in [4.78, 5) is 0. The highest BCUT2D eigenvalue weighted by atomic mass is 16.5. The van der Waals surface area contributed by atoms with E-state index >= 15 is 0 Å². The zero-order valence-electron chi connectivity index (χ0n) is 10.4. The Morgan fingerprint density at radius 2 is 2.19 bits per heavy atom. The summed E-state index contributed by atoms with van der Waals surface area (Å²) < 4.78 is 7.35. The molecule has 0 saturated carbocycles. The minimum Gasteiger partial charge on any atom is -0.377 e. The number of aromatic nitrogens is 2. The number of nitrogen functional groups attached to an aromatic ring is 1. The first-order valence-electron chi connectivity index (χ1n) is 5.77. The third kappa shape index (κ3) is 3.21. The Balaban J connectivity index is 2.46. The van der Waals surface area contributed by atoms with Gasteiger partial charge in [0, 0.05) is 19.2 Å². The SMILES string of the molecule is CCCCCOCc1c(C)nn(C)c1NN. The van der Waals surface area contributed by atoms with Gasteiger partial charge in [-0.3, -0.25) is 4.68 Å². The molecule has 0 unspecified atom stereocenters. The summed E-state index contributed by atoms with van der Waals surface area (Å²) in [5.74, 6) is 6.28. The van der Waals surface area contributed by atoms with Crippen molar-refractivity contribution in [1.29, 1.82) is 0 Å². The normalized spacial score (nSPS) is 10.8. The van der Waals surface area contributed by atoms with Crippen LogP contribution in [0.25, 0.3) is 0 Å². The van der Waals surface area contributed by atoms with E-state index < -0.39 is 0 Å². The van der Waals surface area contributed by atoms with Gasteiger partial charge < -0.3 is 10.2 Å². The van der Waals surface area contributed by atoms with Crippen molar-refractivity contribution in [2.75, 3.05) is 12.0 Å². The maximum absolute atomic E-state index is 5.61. The molecule has 1 heterocycles. The first-order valence-corrected chi connectivity index (χ1v) is 5.77. The predicted octanol–water partition coefficient (Wildman–Crippen LogP) is 1.72.